The van der Waals surface area contributed by atoms with Crippen molar-refractivity contribution in [3.8, 4) is 22.3 Å². The highest BCUT2D eigenvalue weighted by Gasteiger charge is 2.52. The van der Waals surface area contributed by atoms with Gasteiger partial charge in [-0.3, -0.25) is 4.99 Å². The number of hydrogen-bond donors (Lipinski definition) is 0. The third-order valence-electron chi connectivity index (χ3n) is 10.8. The van der Waals surface area contributed by atoms with Crippen molar-refractivity contribution in [2.24, 2.45) is 4.99 Å². The molecule has 7 aromatic carbocycles. The van der Waals surface area contributed by atoms with Gasteiger partial charge in [0.25, 0.3) is 0 Å². The lowest BCUT2D eigenvalue weighted by molar-refractivity contribution is 0.794. The average molecular weight is 668 g/mol. The molecule has 1 spiro atoms. The zero-order chi connectivity index (χ0) is 34.1. The summed E-state index contributed by atoms with van der Waals surface area (Å²) in [6, 6.07) is 59.4. The lowest BCUT2D eigenvalue weighted by Crippen LogP contribution is -2.25. The molecule has 0 amide bonds. The molecule has 0 saturated heterocycles. The van der Waals surface area contributed by atoms with Crippen LogP contribution in [-0.2, 0) is 5.41 Å². The Morgan fingerprint density at radius 3 is 1.88 bits per heavy atom. The number of allylic oxidation sites excluding steroid dienone is 2. The molecule has 0 N–H and O–H groups in total. The number of aliphatic imine (C=N–C) groups is 1. The molecule has 10 rings (SSSR count). The second-order valence-electron chi connectivity index (χ2n) is 13.5. The summed E-state index contributed by atoms with van der Waals surface area (Å²) in [4.78, 5) is 5.42. The van der Waals surface area contributed by atoms with Crippen molar-refractivity contribution in [3.63, 3.8) is 0 Å². The van der Waals surface area contributed by atoms with Gasteiger partial charge in [-0.15, -0.1) is 11.3 Å². The Labute approximate surface area is 302 Å². The Bertz CT molecular complexity index is 2760. The molecule has 240 valence electrons. The minimum absolute atomic E-state index is 0.439. The van der Waals surface area contributed by atoms with E-state index in [9.17, 15) is 0 Å². The number of benzene rings is 7. The molecule has 8 aromatic rings. The Hall–Kier alpha value is -6.09. The summed E-state index contributed by atoms with van der Waals surface area (Å²) in [5.41, 5.74) is 16.3. The van der Waals surface area contributed by atoms with Crippen LogP contribution in [0, 0.1) is 0 Å². The van der Waals surface area contributed by atoms with E-state index in [1.54, 1.807) is 0 Å². The van der Waals surface area contributed by atoms with Crippen LogP contribution in [0.4, 0.5) is 0 Å². The molecule has 0 fully saturated rings. The van der Waals surface area contributed by atoms with Crippen molar-refractivity contribution in [2.45, 2.75) is 12.3 Å². The average Bonchev–Trinajstić information content (AvgIpc) is 3.82. The highest BCUT2D eigenvalue weighted by Crippen LogP contribution is 2.64. The summed E-state index contributed by atoms with van der Waals surface area (Å²) in [5, 5.41) is 2.70. The molecular weight excluding hydrogens is 635 g/mol. The van der Waals surface area contributed by atoms with E-state index in [-0.39, 0.29) is 0 Å². The lowest BCUT2D eigenvalue weighted by atomic mass is 9.70. The van der Waals surface area contributed by atoms with Crippen molar-refractivity contribution in [2.75, 3.05) is 0 Å². The predicted molar refractivity (Wildman–Crippen MR) is 218 cm³/mol. The predicted octanol–water partition coefficient (Wildman–Crippen LogP) is 13.0. The molecule has 0 bridgehead atoms. The van der Waals surface area contributed by atoms with E-state index in [2.05, 4.69) is 171 Å². The molecule has 2 aliphatic carbocycles. The van der Waals surface area contributed by atoms with Gasteiger partial charge < -0.3 is 0 Å². The highest BCUT2D eigenvalue weighted by molar-refractivity contribution is 7.26. The molecule has 0 radical (unpaired) electrons. The van der Waals surface area contributed by atoms with Crippen LogP contribution in [0.25, 0.3) is 53.7 Å². The van der Waals surface area contributed by atoms with Crippen LogP contribution in [0.3, 0.4) is 0 Å². The topological polar surface area (TPSA) is 12.4 Å². The van der Waals surface area contributed by atoms with Gasteiger partial charge in [0.1, 0.15) is 0 Å². The molecular formula is C49H33NS. The number of rotatable bonds is 5. The van der Waals surface area contributed by atoms with Gasteiger partial charge in [0.05, 0.1) is 11.1 Å². The first kappa shape index (κ1) is 29.8. The Morgan fingerprint density at radius 1 is 0.549 bits per heavy atom. The van der Waals surface area contributed by atoms with Crippen LogP contribution < -0.4 is 0 Å². The maximum atomic E-state index is 5.42. The minimum Gasteiger partial charge on any atom is -0.252 e. The largest absolute Gasteiger partial charge is 0.252 e. The van der Waals surface area contributed by atoms with Crippen LogP contribution >= 0.6 is 11.3 Å². The Kier molecular flexibility index (Phi) is 6.71. The van der Waals surface area contributed by atoms with E-state index in [1.165, 1.54) is 64.7 Å². The fourth-order valence-corrected chi connectivity index (χ4v) is 9.84. The fourth-order valence-electron chi connectivity index (χ4n) is 8.72. The van der Waals surface area contributed by atoms with Gasteiger partial charge in [-0.1, -0.05) is 158 Å². The molecule has 2 heteroatoms. The van der Waals surface area contributed by atoms with Crippen molar-refractivity contribution in [1.82, 2.24) is 0 Å². The van der Waals surface area contributed by atoms with Gasteiger partial charge in [0.2, 0.25) is 0 Å². The van der Waals surface area contributed by atoms with Crippen LogP contribution in [0.15, 0.2) is 181 Å². The summed E-state index contributed by atoms with van der Waals surface area (Å²) in [6.07, 6.45) is 2.12. The molecule has 2 aliphatic rings. The quantitative estimate of drug-likeness (QED) is 0.128. The molecule has 1 aromatic heterocycles. The smallest absolute Gasteiger partial charge is 0.0726 e. The normalized spacial score (nSPS) is 15.9. The zero-order valence-electron chi connectivity index (χ0n) is 28.2. The van der Waals surface area contributed by atoms with Gasteiger partial charge in [-0.2, -0.15) is 0 Å². The van der Waals surface area contributed by atoms with E-state index in [0.717, 1.165) is 33.7 Å². The number of fused-ring (bicyclic) bond motifs is 14. The second kappa shape index (κ2) is 11.5. The highest BCUT2D eigenvalue weighted by atomic mass is 32.1. The maximum Gasteiger partial charge on any atom is 0.0726 e. The number of thiophene rings is 1. The summed E-state index contributed by atoms with van der Waals surface area (Å²) >= 11 is 1.89. The van der Waals surface area contributed by atoms with E-state index < -0.39 is 5.41 Å². The lowest BCUT2D eigenvalue weighted by Gasteiger charge is -2.30. The third kappa shape index (κ3) is 4.30. The summed E-state index contributed by atoms with van der Waals surface area (Å²) in [6.45, 7) is 6.60. The molecule has 1 nitrogen and oxygen atoms in total. The first-order chi connectivity index (χ1) is 25.1. The van der Waals surface area contributed by atoms with Crippen LogP contribution in [0.1, 0.15) is 45.9 Å². The Balaban J connectivity index is 1.23. The van der Waals surface area contributed by atoms with Crippen molar-refractivity contribution >= 4 is 48.5 Å². The van der Waals surface area contributed by atoms with E-state index in [1.807, 2.05) is 23.5 Å². The van der Waals surface area contributed by atoms with Gasteiger partial charge >= 0.3 is 0 Å². The molecule has 1 heterocycles. The molecule has 0 saturated carbocycles. The monoisotopic (exact) mass is 667 g/mol. The molecule has 51 heavy (non-hydrogen) atoms. The number of hydrogen-bond acceptors (Lipinski definition) is 2. The van der Waals surface area contributed by atoms with Crippen LogP contribution in [0.5, 0.6) is 0 Å². The molecule has 1 atom stereocenters. The van der Waals surface area contributed by atoms with Gasteiger partial charge in [-0.05, 0) is 80.8 Å². The van der Waals surface area contributed by atoms with E-state index in [0.29, 0.717) is 0 Å². The summed E-state index contributed by atoms with van der Waals surface area (Å²) in [7, 11) is 0. The van der Waals surface area contributed by atoms with Crippen molar-refractivity contribution in [3.05, 3.63) is 215 Å². The SMILES string of the molecule is C=C(/C=C(\N=C(C)c1cccc2c1-c1ccccc1C21c2ccccc2-c2c1ccc1sc3ccccc3c21)c1ccccc1)c1ccccc1. The van der Waals surface area contributed by atoms with Gasteiger partial charge in [0, 0.05) is 37.0 Å². The van der Waals surface area contributed by atoms with Gasteiger partial charge in [0.15, 0.2) is 0 Å². The number of nitrogens with zero attached hydrogens (tertiary/aromatic N) is 1. The zero-order valence-corrected chi connectivity index (χ0v) is 29.0. The Morgan fingerprint density at radius 2 is 1.14 bits per heavy atom. The maximum absolute atomic E-state index is 5.42. The fraction of sp³-hybridized carbons (Fsp3) is 0.0408. The third-order valence-corrected chi connectivity index (χ3v) is 12.0. The van der Waals surface area contributed by atoms with Crippen molar-refractivity contribution < 1.29 is 0 Å². The van der Waals surface area contributed by atoms with Crippen LogP contribution in [-0.4, -0.2) is 5.71 Å². The second-order valence-corrected chi connectivity index (χ2v) is 14.6. The molecule has 1 unspecified atom stereocenters. The summed E-state index contributed by atoms with van der Waals surface area (Å²) in [5.74, 6) is 0. The van der Waals surface area contributed by atoms with Gasteiger partial charge in [-0.25, -0.2) is 0 Å². The van der Waals surface area contributed by atoms with E-state index >= 15 is 0 Å². The summed E-state index contributed by atoms with van der Waals surface area (Å²) < 4.78 is 2.67. The molecule has 0 aliphatic heterocycles. The first-order valence-electron chi connectivity index (χ1n) is 17.5. The van der Waals surface area contributed by atoms with Crippen LogP contribution in [0.2, 0.25) is 0 Å². The minimum atomic E-state index is -0.439. The first-order valence-corrected chi connectivity index (χ1v) is 18.3. The standard InChI is InChI=1S/C49H33NS/c1-31(33-16-5-3-6-17-33)30-43(34-18-7-4-8-19-34)50-32(2)35-23-15-26-41-46(35)36-20-9-12-24-39(36)49(41)40-25-13-10-21-37(40)47-42(49)28-29-45-48(47)38-22-11-14-27-44(38)51-45/h3-30H,1H2,2H3/b43-30-,50-32?. The van der Waals surface area contributed by atoms with E-state index in [4.69, 9.17) is 4.99 Å². The van der Waals surface area contributed by atoms with Crippen molar-refractivity contribution in [1.29, 1.82) is 0 Å².